The monoisotopic (exact) mass is 644 g/mol. The molecule has 0 spiro atoms. The zero-order chi connectivity index (χ0) is 32.5. The van der Waals surface area contributed by atoms with Crippen molar-refractivity contribution < 1.29 is 29.6 Å². The Morgan fingerprint density at radius 1 is 1.09 bits per heavy atom. The molecule has 5 aliphatic heterocycles. The van der Waals surface area contributed by atoms with E-state index in [1.165, 1.54) is 13.3 Å². The number of aryl methyl sites for hydroxylation is 1. The summed E-state index contributed by atoms with van der Waals surface area (Å²) < 4.78 is 11.8. The highest BCUT2D eigenvalue weighted by molar-refractivity contribution is 5.77. The molecule has 1 aromatic carbocycles. The van der Waals surface area contributed by atoms with E-state index in [4.69, 9.17) is 15.2 Å². The summed E-state index contributed by atoms with van der Waals surface area (Å²) in [5, 5.41) is 38.3. The third-order valence-corrected chi connectivity index (χ3v) is 10.1. The van der Waals surface area contributed by atoms with Gasteiger partial charge in [0.1, 0.15) is 12.2 Å². The average molecular weight is 645 g/mol. The van der Waals surface area contributed by atoms with E-state index in [9.17, 15) is 20.1 Å². The lowest BCUT2D eigenvalue weighted by molar-refractivity contribution is -0.148. The van der Waals surface area contributed by atoms with Crippen molar-refractivity contribution in [1.29, 1.82) is 0 Å². The number of carbonyl (C=O) groups excluding carboxylic acids is 1. The number of ether oxygens (including phenoxy) is 2. The molecule has 12 nitrogen and oxygen atoms in total. The van der Waals surface area contributed by atoms with Gasteiger partial charge in [-0.3, -0.25) is 9.69 Å². The Balaban J connectivity index is 1.16. The number of aromatic hydroxyl groups is 1. The van der Waals surface area contributed by atoms with Crippen LogP contribution >= 0.6 is 0 Å². The molecule has 5 aliphatic rings. The first-order valence-electron chi connectivity index (χ1n) is 17.4. The van der Waals surface area contributed by atoms with Crippen LogP contribution in [-0.2, 0) is 22.6 Å². The van der Waals surface area contributed by atoms with Gasteiger partial charge < -0.3 is 46.1 Å². The number of fused-ring (bicyclic) bond motifs is 6. The largest absolute Gasteiger partial charge is 0.504 e. The van der Waals surface area contributed by atoms with Gasteiger partial charge in [0.15, 0.2) is 17.5 Å². The molecule has 1 aromatic rings. The summed E-state index contributed by atoms with van der Waals surface area (Å²) in [4.78, 5) is 21.7. The number of esters is 1. The van der Waals surface area contributed by atoms with Crippen LogP contribution in [0.3, 0.4) is 0 Å². The fourth-order valence-corrected chi connectivity index (χ4v) is 7.83. The van der Waals surface area contributed by atoms with Gasteiger partial charge in [0.25, 0.3) is 0 Å². The molecular formula is C34H56N6O6. The van der Waals surface area contributed by atoms with Crippen LogP contribution < -0.4 is 21.1 Å². The molecule has 6 rings (SSSR count). The van der Waals surface area contributed by atoms with Crippen LogP contribution in [0.1, 0.15) is 69.4 Å². The van der Waals surface area contributed by atoms with Crippen molar-refractivity contribution in [3.63, 3.8) is 0 Å². The number of aliphatic imine (C=N–C) groups is 1. The molecule has 7 N–H and O–H groups in total. The van der Waals surface area contributed by atoms with Gasteiger partial charge in [-0.15, -0.1) is 0 Å². The molecule has 5 atom stereocenters. The summed E-state index contributed by atoms with van der Waals surface area (Å²) in [5.74, 6) is 2.23. The SMILES string of the molecule is CC(=O)OC(CCc1cc(OC2CCNCC2)c(O)cc1CO)CC(O)CCC1CCN2CC3CC(C2)CN(CN=C(N)NC1)C3. The number of phenolic OH excluding ortho intramolecular Hbond substituents is 1. The van der Waals surface area contributed by atoms with Gasteiger partial charge in [-0.25, -0.2) is 4.99 Å². The lowest BCUT2D eigenvalue weighted by atomic mass is 9.84. The summed E-state index contributed by atoms with van der Waals surface area (Å²) in [6.45, 7) is 9.77. The van der Waals surface area contributed by atoms with Gasteiger partial charge in [0.2, 0.25) is 0 Å². The number of nitrogens with zero attached hydrogens (tertiary/aromatic N) is 3. The zero-order valence-electron chi connectivity index (χ0n) is 27.5. The quantitative estimate of drug-likeness (QED) is 0.183. The van der Waals surface area contributed by atoms with E-state index in [1.807, 2.05) is 0 Å². The van der Waals surface area contributed by atoms with Crippen molar-refractivity contribution in [3.05, 3.63) is 23.3 Å². The zero-order valence-corrected chi connectivity index (χ0v) is 27.5. The van der Waals surface area contributed by atoms with Crippen LogP contribution in [0.2, 0.25) is 0 Å². The summed E-state index contributed by atoms with van der Waals surface area (Å²) >= 11 is 0. The van der Waals surface area contributed by atoms with Crippen LogP contribution in [0.15, 0.2) is 17.1 Å². The fourth-order valence-electron chi connectivity index (χ4n) is 7.83. The van der Waals surface area contributed by atoms with Gasteiger partial charge in [0, 0.05) is 46.1 Å². The number of phenols is 1. The van der Waals surface area contributed by atoms with Crippen LogP contribution in [0.4, 0.5) is 0 Å². The maximum absolute atomic E-state index is 12.0. The molecule has 5 heterocycles. The van der Waals surface area contributed by atoms with E-state index >= 15 is 0 Å². The number of piperidine rings is 3. The topological polar surface area (TPSA) is 165 Å². The maximum Gasteiger partial charge on any atom is 0.302 e. The van der Waals surface area contributed by atoms with Crippen molar-refractivity contribution in [1.82, 2.24) is 20.4 Å². The number of aliphatic hydroxyl groups excluding tert-OH is 2. The van der Waals surface area contributed by atoms with Gasteiger partial charge in [0.05, 0.1) is 19.4 Å². The van der Waals surface area contributed by atoms with Crippen LogP contribution in [0, 0.1) is 17.8 Å². The molecule has 258 valence electrons. The maximum atomic E-state index is 12.0. The Hall–Kier alpha value is -2.64. The molecular weight excluding hydrogens is 588 g/mol. The highest BCUT2D eigenvalue weighted by Gasteiger charge is 2.34. The number of hydrogen-bond acceptors (Lipinski definition) is 12. The minimum Gasteiger partial charge on any atom is -0.504 e. The molecule has 5 unspecified atom stereocenters. The highest BCUT2D eigenvalue weighted by atomic mass is 16.5. The number of guanidine groups is 1. The van der Waals surface area contributed by atoms with E-state index in [2.05, 4.69) is 25.4 Å². The molecule has 4 bridgehead atoms. The molecule has 12 heteroatoms. The predicted octanol–water partition coefficient (Wildman–Crippen LogP) is 1.55. The first kappa shape index (κ1) is 34.7. The Bertz CT molecular complexity index is 1150. The summed E-state index contributed by atoms with van der Waals surface area (Å²) in [6, 6.07) is 3.35. The van der Waals surface area contributed by atoms with Crippen molar-refractivity contribution in [2.75, 3.05) is 59.0 Å². The number of rotatable bonds is 12. The van der Waals surface area contributed by atoms with E-state index in [0.717, 1.165) is 77.1 Å². The van der Waals surface area contributed by atoms with Gasteiger partial charge in [-0.1, -0.05) is 0 Å². The second-order valence-electron chi connectivity index (χ2n) is 14.0. The number of aliphatic hydroxyl groups is 2. The van der Waals surface area contributed by atoms with Crippen molar-refractivity contribution in [3.8, 4) is 11.5 Å². The number of nitrogens with two attached hydrogens (primary N) is 1. The van der Waals surface area contributed by atoms with E-state index in [1.54, 1.807) is 12.1 Å². The second-order valence-corrected chi connectivity index (χ2v) is 14.0. The lowest BCUT2D eigenvalue weighted by Crippen LogP contribution is -2.52. The van der Waals surface area contributed by atoms with Crippen LogP contribution in [-0.4, -0.2) is 114 Å². The molecule has 46 heavy (non-hydrogen) atoms. The first-order valence-corrected chi connectivity index (χ1v) is 17.4. The highest BCUT2D eigenvalue weighted by Crippen LogP contribution is 2.33. The number of hydrogen-bond donors (Lipinski definition) is 6. The number of carbonyl (C=O) groups is 1. The second kappa shape index (κ2) is 17.0. The summed E-state index contributed by atoms with van der Waals surface area (Å²) in [7, 11) is 0. The number of nitrogens with one attached hydrogen (secondary N) is 2. The Morgan fingerprint density at radius 3 is 2.54 bits per heavy atom. The fraction of sp³-hybridized carbons (Fsp3) is 0.765. The molecule has 0 amide bonds. The Morgan fingerprint density at radius 2 is 1.83 bits per heavy atom. The molecule has 3 fully saturated rings. The normalized spacial score (nSPS) is 28.6. The Kier molecular flexibility index (Phi) is 12.8. The van der Waals surface area contributed by atoms with Crippen molar-refractivity contribution in [2.45, 2.75) is 89.6 Å². The first-order chi connectivity index (χ1) is 22.2. The van der Waals surface area contributed by atoms with Crippen LogP contribution in [0.25, 0.3) is 0 Å². The predicted molar refractivity (Wildman–Crippen MR) is 176 cm³/mol. The lowest BCUT2D eigenvalue weighted by Gasteiger charge is -2.45. The average Bonchev–Trinajstić information content (AvgIpc) is 3.04. The minimum atomic E-state index is -0.629. The van der Waals surface area contributed by atoms with Gasteiger partial charge in [-0.2, -0.15) is 0 Å². The molecule has 0 aromatic heterocycles. The Labute approximate surface area is 273 Å². The smallest absolute Gasteiger partial charge is 0.302 e. The molecule has 0 saturated carbocycles. The van der Waals surface area contributed by atoms with Gasteiger partial charge >= 0.3 is 5.97 Å². The van der Waals surface area contributed by atoms with E-state index in [0.29, 0.717) is 73.9 Å². The van der Waals surface area contributed by atoms with E-state index in [-0.39, 0.29) is 24.4 Å². The van der Waals surface area contributed by atoms with Gasteiger partial charge in [-0.05, 0) is 112 Å². The standard InChI is InChI=1S/C34H56N6O6/c1-23(42)45-31(5-3-27-14-33(32(44)13-28(27)21-41)46-30-6-9-36-10-7-30)15-29(43)4-2-24-8-11-39-17-25-12-26(18-39)20-40(19-25)22-38-34(35)37-16-24/h13-14,24-26,29-31,36,41,43-44H,2-12,15-22H2,1H3,(H3,35,37,38). The molecule has 3 saturated heterocycles. The van der Waals surface area contributed by atoms with Crippen molar-refractivity contribution in [2.24, 2.45) is 28.5 Å². The third kappa shape index (κ3) is 10.4. The summed E-state index contributed by atoms with van der Waals surface area (Å²) in [5.41, 5.74) is 7.67. The molecule has 0 aliphatic carbocycles. The molecule has 0 radical (unpaired) electrons. The minimum absolute atomic E-state index is 0.0118. The summed E-state index contributed by atoms with van der Waals surface area (Å²) in [6.07, 6.45) is 5.70. The van der Waals surface area contributed by atoms with Crippen molar-refractivity contribution >= 4 is 11.9 Å². The van der Waals surface area contributed by atoms with E-state index < -0.39 is 12.2 Å². The number of benzene rings is 1. The third-order valence-electron chi connectivity index (χ3n) is 10.1. The van der Waals surface area contributed by atoms with Crippen LogP contribution in [0.5, 0.6) is 11.5 Å².